The number of hydrogen-bond acceptors (Lipinski definition) is 4. The molecule has 0 aliphatic heterocycles. The summed E-state index contributed by atoms with van der Waals surface area (Å²) in [6.45, 7) is 7.85. The summed E-state index contributed by atoms with van der Waals surface area (Å²) in [6, 6.07) is 0. The molecule has 0 saturated carbocycles. The van der Waals surface area contributed by atoms with Crippen LogP contribution in [0.25, 0.3) is 0 Å². The van der Waals surface area contributed by atoms with Gasteiger partial charge in [-0.15, -0.1) is 0 Å². The molecule has 0 fully saturated rings. The van der Waals surface area contributed by atoms with Crippen molar-refractivity contribution in [3.05, 3.63) is 16.5 Å². The Hall–Kier alpha value is -1.36. The van der Waals surface area contributed by atoms with E-state index in [0.29, 0.717) is 17.5 Å². The number of hydrogen-bond donors (Lipinski definition) is 2. The van der Waals surface area contributed by atoms with Crippen molar-refractivity contribution in [2.24, 2.45) is 5.41 Å². The fourth-order valence-corrected chi connectivity index (χ4v) is 1.65. The second kappa shape index (κ2) is 5.52. The summed E-state index contributed by atoms with van der Waals surface area (Å²) in [7, 11) is 1.62. The summed E-state index contributed by atoms with van der Waals surface area (Å²) in [5.41, 5.74) is 1.08. The summed E-state index contributed by atoms with van der Waals surface area (Å²) in [5.74, 6) is 0.472. The number of anilines is 1. The number of carbonyl (C=O) groups is 1. The van der Waals surface area contributed by atoms with E-state index in [1.165, 1.54) is 0 Å². The van der Waals surface area contributed by atoms with Crippen LogP contribution in [-0.2, 0) is 4.79 Å². The molecule has 1 rings (SSSR count). The minimum absolute atomic E-state index is 0.0390. The second-order valence-electron chi connectivity index (χ2n) is 4.85. The quantitative estimate of drug-likeness (QED) is 0.877. The monoisotopic (exact) mass is 270 g/mol. The Labute approximate surface area is 112 Å². The molecule has 0 radical (unpaired) electrons. The van der Waals surface area contributed by atoms with Crippen LogP contribution in [0.5, 0.6) is 0 Å². The smallest absolute Gasteiger partial charge is 0.227 e. The van der Waals surface area contributed by atoms with Crippen LogP contribution in [-0.4, -0.2) is 29.5 Å². The number of amides is 1. The van der Waals surface area contributed by atoms with Gasteiger partial charge in [0.2, 0.25) is 5.91 Å². The lowest BCUT2D eigenvalue weighted by atomic mass is 9.92. The molecule has 0 aliphatic rings. The van der Waals surface area contributed by atoms with E-state index < -0.39 is 5.41 Å². The van der Waals surface area contributed by atoms with E-state index in [1.54, 1.807) is 7.05 Å². The molecule has 18 heavy (non-hydrogen) atoms. The van der Waals surface area contributed by atoms with Gasteiger partial charge in [0, 0.05) is 13.6 Å². The van der Waals surface area contributed by atoms with Crippen molar-refractivity contribution in [1.29, 1.82) is 0 Å². The average molecular weight is 271 g/mol. The Kier molecular flexibility index (Phi) is 4.51. The molecule has 5 nitrogen and oxygen atoms in total. The normalized spacial score (nSPS) is 11.2. The third-order valence-corrected chi connectivity index (χ3v) is 3.07. The minimum atomic E-state index is -0.543. The highest BCUT2D eigenvalue weighted by Gasteiger charge is 2.26. The fraction of sp³-hybridized carbons (Fsp3) is 0.583. The van der Waals surface area contributed by atoms with Crippen molar-refractivity contribution in [2.75, 3.05) is 18.9 Å². The van der Waals surface area contributed by atoms with E-state index in [2.05, 4.69) is 20.6 Å². The maximum absolute atomic E-state index is 11.6. The molecule has 0 bridgehead atoms. The number of aromatic nitrogens is 2. The van der Waals surface area contributed by atoms with Crippen LogP contribution in [0.3, 0.4) is 0 Å². The molecule has 1 aromatic rings. The number of halogens is 1. The zero-order chi connectivity index (χ0) is 13.9. The molecule has 1 heterocycles. The molecule has 1 amide bonds. The first kappa shape index (κ1) is 14.7. The van der Waals surface area contributed by atoms with E-state index in [4.69, 9.17) is 11.6 Å². The maximum atomic E-state index is 11.6. The van der Waals surface area contributed by atoms with Gasteiger partial charge in [-0.05, 0) is 27.7 Å². The molecular formula is C12H19ClN4O. The maximum Gasteiger partial charge on any atom is 0.227 e. The Morgan fingerprint density at radius 2 is 1.83 bits per heavy atom. The Bertz CT molecular complexity index is 460. The largest absolute Gasteiger partial charge is 0.366 e. The van der Waals surface area contributed by atoms with Crippen LogP contribution in [0, 0.1) is 19.3 Å². The van der Waals surface area contributed by atoms with Crippen LogP contribution in [0.2, 0.25) is 5.15 Å². The first-order valence-corrected chi connectivity index (χ1v) is 6.12. The van der Waals surface area contributed by atoms with Gasteiger partial charge in [0.05, 0.1) is 16.8 Å². The van der Waals surface area contributed by atoms with Gasteiger partial charge in [-0.25, -0.2) is 9.97 Å². The molecule has 0 aromatic carbocycles. The highest BCUT2D eigenvalue weighted by molar-refractivity contribution is 6.31. The van der Waals surface area contributed by atoms with Gasteiger partial charge < -0.3 is 10.6 Å². The summed E-state index contributed by atoms with van der Waals surface area (Å²) in [4.78, 5) is 20.1. The van der Waals surface area contributed by atoms with E-state index in [9.17, 15) is 4.79 Å². The lowest BCUT2D eigenvalue weighted by Crippen LogP contribution is -2.39. The van der Waals surface area contributed by atoms with Crippen molar-refractivity contribution in [3.8, 4) is 0 Å². The van der Waals surface area contributed by atoms with Crippen LogP contribution < -0.4 is 10.6 Å². The highest BCUT2D eigenvalue weighted by atomic mass is 35.5. The fourth-order valence-electron chi connectivity index (χ4n) is 1.41. The van der Waals surface area contributed by atoms with Gasteiger partial charge in [0.25, 0.3) is 0 Å². The molecule has 2 N–H and O–H groups in total. The zero-order valence-electron chi connectivity index (χ0n) is 11.4. The molecule has 0 saturated heterocycles. The van der Waals surface area contributed by atoms with Crippen LogP contribution in [0.15, 0.2) is 0 Å². The van der Waals surface area contributed by atoms with Gasteiger partial charge in [-0.2, -0.15) is 0 Å². The van der Waals surface area contributed by atoms with E-state index in [1.807, 2.05) is 27.7 Å². The predicted molar refractivity (Wildman–Crippen MR) is 72.9 cm³/mol. The van der Waals surface area contributed by atoms with Crippen molar-refractivity contribution >= 4 is 23.3 Å². The van der Waals surface area contributed by atoms with Gasteiger partial charge in [-0.3, -0.25) is 4.79 Å². The third-order valence-electron chi connectivity index (χ3n) is 2.80. The number of nitrogens with zero attached hydrogens (tertiary/aromatic N) is 2. The van der Waals surface area contributed by atoms with Crippen molar-refractivity contribution in [2.45, 2.75) is 27.7 Å². The van der Waals surface area contributed by atoms with Crippen molar-refractivity contribution in [3.63, 3.8) is 0 Å². The zero-order valence-corrected chi connectivity index (χ0v) is 12.1. The number of carbonyl (C=O) groups excluding carboxylic acids is 1. The molecule has 100 valence electrons. The van der Waals surface area contributed by atoms with Crippen molar-refractivity contribution in [1.82, 2.24) is 15.3 Å². The standard InChI is InChI=1S/C12H19ClN4O/c1-7-8(2)17-10(9(13)16-7)15-6-12(3,4)11(18)14-5/h6H2,1-5H3,(H,14,18)(H,15,17). The average Bonchev–Trinajstić information content (AvgIpc) is 2.31. The summed E-state index contributed by atoms with van der Waals surface area (Å²) in [5, 5.41) is 6.02. The topological polar surface area (TPSA) is 66.9 Å². The summed E-state index contributed by atoms with van der Waals surface area (Å²) in [6.07, 6.45) is 0. The molecule has 0 unspecified atom stereocenters. The molecule has 1 aromatic heterocycles. The highest BCUT2D eigenvalue weighted by Crippen LogP contribution is 2.21. The first-order chi connectivity index (χ1) is 8.27. The Morgan fingerprint density at radius 3 is 2.39 bits per heavy atom. The van der Waals surface area contributed by atoms with Gasteiger partial charge in [0.1, 0.15) is 0 Å². The first-order valence-electron chi connectivity index (χ1n) is 5.74. The molecule has 0 spiro atoms. The molecule has 0 aliphatic carbocycles. The molecular weight excluding hydrogens is 252 g/mol. The third kappa shape index (κ3) is 3.32. The van der Waals surface area contributed by atoms with Gasteiger partial charge in [-0.1, -0.05) is 11.6 Å². The number of rotatable bonds is 4. The second-order valence-corrected chi connectivity index (χ2v) is 5.21. The number of nitrogens with one attached hydrogen (secondary N) is 2. The lowest BCUT2D eigenvalue weighted by molar-refractivity contribution is -0.128. The van der Waals surface area contributed by atoms with Gasteiger partial charge >= 0.3 is 0 Å². The van der Waals surface area contributed by atoms with Crippen LogP contribution in [0.4, 0.5) is 5.82 Å². The molecule has 0 atom stereocenters. The Morgan fingerprint density at radius 1 is 1.28 bits per heavy atom. The van der Waals surface area contributed by atoms with Gasteiger partial charge in [0.15, 0.2) is 11.0 Å². The Balaban J connectivity index is 2.81. The van der Waals surface area contributed by atoms with Crippen LogP contribution >= 0.6 is 11.6 Å². The van der Waals surface area contributed by atoms with E-state index in [0.717, 1.165) is 11.4 Å². The summed E-state index contributed by atoms with van der Waals surface area (Å²) < 4.78 is 0. The number of aryl methyl sites for hydroxylation is 2. The predicted octanol–water partition coefficient (Wildman–Crippen LogP) is 1.93. The van der Waals surface area contributed by atoms with Crippen molar-refractivity contribution < 1.29 is 4.79 Å². The molecule has 6 heteroatoms. The lowest BCUT2D eigenvalue weighted by Gasteiger charge is -2.23. The van der Waals surface area contributed by atoms with Crippen LogP contribution in [0.1, 0.15) is 25.2 Å². The minimum Gasteiger partial charge on any atom is -0.366 e. The van der Waals surface area contributed by atoms with E-state index >= 15 is 0 Å². The SMILES string of the molecule is CNC(=O)C(C)(C)CNc1nc(C)c(C)nc1Cl. The van der Waals surface area contributed by atoms with E-state index in [-0.39, 0.29) is 5.91 Å². The summed E-state index contributed by atoms with van der Waals surface area (Å²) >= 11 is 6.01.